The summed E-state index contributed by atoms with van der Waals surface area (Å²) in [5, 5.41) is 13.0. The molecule has 0 aliphatic heterocycles. The number of hydrogen-bond acceptors (Lipinski definition) is 4. The van der Waals surface area contributed by atoms with Crippen LogP contribution in [0.5, 0.6) is 0 Å². The zero-order valence-corrected chi connectivity index (χ0v) is 18.9. The van der Waals surface area contributed by atoms with E-state index < -0.39 is 0 Å². The summed E-state index contributed by atoms with van der Waals surface area (Å²) >= 11 is 13.6. The number of nitrogens with zero attached hydrogens (tertiary/aromatic N) is 3. The summed E-state index contributed by atoms with van der Waals surface area (Å²) in [7, 11) is 1.91. The van der Waals surface area contributed by atoms with Crippen molar-refractivity contribution in [2.75, 3.05) is 0 Å². The molecule has 1 amide bonds. The topological polar surface area (TPSA) is 59.8 Å². The van der Waals surface area contributed by atoms with Gasteiger partial charge in [-0.1, -0.05) is 65.3 Å². The maximum absolute atomic E-state index is 12.7. The van der Waals surface area contributed by atoms with Crippen molar-refractivity contribution in [3.05, 3.63) is 63.6 Å². The van der Waals surface area contributed by atoms with Crippen LogP contribution in [-0.2, 0) is 11.8 Å². The van der Waals surface area contributed by atoms with Gasteiger partial charge in [0.15, 0.2) is 11.0 Å². The zero-order valence-electron chi connectivity index (χ0n) is 16.6. The Labute approximate surface area is 184 Å². The highest BCUT2D eigenvalue weighted by Gasteiger charge is 2.22. The first-order chi connectivity index (χ1) is 13.8. The average Bonchev–Trinajstić information content (AvgIpc) is 3.02. The van der Waals surface area contributed by atoms with E-state index in [2.05, 4.69) is 15.5 Å². The van der Waals surface area contributed by atoms with E-state index in [1.54, 1.807) is 12.1 Å². The van der Waals surface area contributed by atoms with E-state index in [1.807, 2.05) is 62.7 Å². The molecule has 5 nitrogen and oxygen atoms in total. The average molecular weight is 449 g/mol. The Morgan fingerprint density at radius 3 is 2.55 bits per heavy atom. The number of rotatable bonds is 6. The van der Waals surface area contributed by atoms with E-state index in [9.17, 15) is 4.79 Å². The van der Waals surface area contributed by atoms with Crippen LogP contribution in [0, 0.1) is 6.92 Å². The molecule has 1 heterocycles. The molecule has 2 atom stereocenters. The molecule has 0 aliphatic carbocycles. The van der Waals surface area contributed by atoms with Crippen molar-refractivity contribution in [1.29, 1.82) is 0 Å². The molecule has 3 rings (SSSR count). The minimum atomic E-state index is -0.351. The Morgan fingerprint density at radius 1 is 1.14 bits per heavy atom. The predicted octanol–water partition coefficient (Wildman–Crippen LogP) is 5.46. The summed E-state index contributed by atoms with van der Waals surface area (Å²) in [5.41, 5.74) is 2.97. The smallest absolute Gasteiger partial charge is 0.233 e. The lowest BCUT2D eigenvalue weighted by molar-refractivity contribution is -0.120. The van der Waals surface area contributed by atoms with Crippen molar-refractivity contribution < 1.29 is 4.79 Å². The standard InChI is InChI=1S/C21H22Cl2N4OS/c1-12-7-5-6-8-16(12)19-25-26-21(27(19)4)29-14(3)20(28)24-13(2)17-10-9-15(22)11-18(17)23/h5-11,13-14H,1-4H3,(H,24,28). The SMILES string of the molecule is Cc1ccccc1-c1nnc(SC(C)C(=O)NC(C)c2ccc(Cl)cc2Cl)n1C. The molecule has 152 valence electrons. The van der Waals surface area contributed by atoms with Gasteiger partial charge in [0, 0.05) is 22.7 Å². The van der Waals surface area contributed by atoms with Crippen LogP contribution in [0.3, 0.4) is 0 Å². The molecule has 2 aromatic carbocycles. The molecular weight excluding hydrogens is 427 g/mol. The van der Waals surface area contributed by atoms with Crippen LogP contribution in [0.1, 0.15) is 31.0 Å². The Morgan fingerprint density at radius 2 is 1.86 bits per heavy atom. The summed E-state index contributed by atoms with van der Waals surface area (Å²) in [6.45, 7) is 5.78. The fraction of sp³-hybridized carbons (Fsp3) is 0.286. The molecule has 0 spiro atoms. The van der Waals surface area contributed by atoms with Crippen LogP contribution >= 0.6 is 35.0 Å². The van der Waals surface area contributed by atoms with Crippen molar-refractivity contribution in [3.63, 3.8) is 0 Å². The van der Waals surface area contributed by atoms with E-state index in [0.717, 1.165) is 22.5 Å². The summed E-state index contributed by atoms with van der Waals surface area (Å²) in [5.74, 6) is 0.675. The van der Waals surface area contributed by atoms with Gasteiger partial charge in [0.25, 0.3) is 0 Å². The largest absolute Gasteiger partial charge is 0.349 e. The molecule has 0 radical (unpaired) electrons. The Hall–Kier alpha value is -2.02. The number of carbonyl (C=O) groups excluding carboxylic acids is 1. The number of hydrogen-bond donors (Lipinski definition) is 1. The van der Waals surface area contributed by atoms with Gasteiger partial charge in [-0.15, -0.1) is 10.2 Å². The summed E-state index contributed by atoms with van der Waals surface area (Å²) in [6, 6.07) is 13.0. The molecule has 29 heavy (non-hydrogen) atoms. The second kappa shape index (κ2) is 9.20. The van der Waals surface area contributed by atoms with E-state index >= 15 is 0 Å². The van der Waals surface area contributed by atoms with Crippen molar-refractivity contribution in [2.45, 2.75) is 37.2 Å². The highest BCUT2D eigenvalue weighted by Crippen LogP contribution is 2.29. The van der Waals surface area contributed by atoms with Gasteiger partial charge < -0.3 is 9.88 Å². The first kappa shape index (κ1) is 21.7. The van der Waals surface area contributed by atoms with Crippen LogP contribution in [0.4, 0.5) is 0 Å². The molecule has 0 bridgehead atoms. The van der Waals surface area contributed by atoms with Gasteiger partial charge in [0.2, 0.25) is 5.91 Å². The highest BCUT2D eigenvalue weighted by molar-refractivity contribution is 8.00. The van der Waals surface area contributed by atoms with Gasteiger partial charge in [0.1, 0.15) is 0 Å². The first-order valence-electron chi connectivity index (χ1n) is 9.15. The minimum Gasteiger partial charge on any atom is -0.349 e. The van der Waals surface area contributed by atoms with Gasteiger partial charge in [-0.2, -0.15) is 0 Å². The third-order valence-electron chi connectivity index (χ3n) is 4.66. The van der Waals surface area contributed by atoms with E-state index in [4.69, 9.17) is 23.2 Å². The summed E-state index contributed by atoms with van der Waals surface area (Å²) in [4.78, 5) is 12.7. The van der Waals surface area contributed by atoms with Crippen LogP contribution in [0.2, 0.25) is 10.0 Å². The van der Waals surface area contributed by atoms with Crippen molar-refractivity contribution in [2.24, 2.45) is 7.05 Å². The van der Waals surface area contributed by atoms with E-state index in [0.29, 0.717) is 15.2 Å². The molecule has 2 unspecified atom stereocenters. The monoisotopic (exact) mass is 448 g/mol. The second-order valence-corrected chi connectivity index (χ2v) is 8.99. The van der Waals surface area contributed by atoms with Crippen molar-refractivity contribution in [3.8, 4) is 11.4 Å². The number of halogens is 2. The molecule has 0 saturated carbocycles. The van der Waals surface area contributed by atoms with Gasteiger partial charge in [-0.3, -0.25) is 4.79 Å². The number of thioether (sulfide) groups is 1. The van der Waals surface area contributed by atoms with Crippen LogP contribution in [0.15, 0.2) is 47.6 Å². The van der Waals surface area contributed by atoms with Crippen LogP contribution < -0.4 is 5.32 Å². The number of amides is 1. The third kappa shape index (κ3) is 4.94. The number of aromatic nitrogens is 3. The third-order valence-corrected chi connectivity index (χ3v) is 6.36. The van der Waals surface area contributed by atoms with Crippen molar-refractivity contribution in [1.82, 2.24) is 20.1 Å². The second-order valence-electron chi connectivity index (χ2n) is 6.84. The van der Waals surface area contributed by atoms with Gasteiger partial charge in [-0.25, -0.2) is 0 Å². The van der Waals surface area contributed by atoms with Crippen LogP contribution in [0.25, 0.3) is 11.4 Å². The lowest BCUT2D eigenvalue weighted by Gasteiger charge is -2.18. The summed E-state index contributed by atoms with van der Waals surface area (Å²) in [6.07, 6.45) is 0. The molecule has 0 aliphatic rings. The molecule has 0 saturated heterocycles. The van der Waals surface area contributed by atoms with Gasteiger partial charge in [-0.05, 0) is 44.0 Å². The molecule has 8 heteroatoms. The van der Waals surface area contributed by atoms with Gasteiger partial charge >= 0.3 is 0 Å². The molecule has 1 N–H and O–H groups in total. The number of benzene rings is 2. The first-order valence-corrected chi connectivity index (χ1v) is 10.8. The number of carbonyl (C=O) groups is 1. The number of aryl methyl sites for hydroxylation is 1. The lowest BCUT2D eigenvalue weighted by atomic mass is 10.1. The molecular formula is C21H22Cl2N4OS. The maximum atomic E-state index is 12.7. The van der Waals surface area contributed by atoms with E-state index in [-0.39, 0.29) is 17.2 Å². The molecule has 1 aromatic heterocycles. The molecule has 0 fully saturated rings. The summed E-state index contributed by atoms with van der Waals surface area (Å²) < 4.78 is 1.91. The fourth-order valence-electron chi connectivity index (χ4n) is 2.95. The molecule has 3 aromatic rings. The van der Waals surface area contributed by atoms with Crippen molar-refractivity contribution >= 4 is 40.9 Å². The predicted molar refractivity (Wildman–Crippen MR) is 120 cm³/mol. The zero-order chi connectivity index (χ0) is 21.1. The normalized spacial score (nSPS) is 13.2. The Bertz CT molecular complexity index is 1040. The fourth-order valence-corrected chi connectivity index (χ4v) is 4.34. The van der Waals surface area contributed by atoms with Crippen LogP contribution in [-0.4, -0.2) is 25.9 Å². The Kier molecular flexibility index (Phi) is 6.88. The van der Waals surface area contributed by atoms with E-state index in [1.165, 1.54) is 11.8 Å². The quantitative estimate of drug-likeness (QED) is 0.508. The maximum Gasteiger partial charge on any atom is 0.233 e. The minimum absolute atomic E-state index is 0.103. The van der Waals surface area contributed by atoms with Gasteiger partial charge in [0.05, 0.1) is 11.3 Å². The highest BCUT2D eigenvalue weighted by atomic mass is 35.5. The number of nitrogens with one attached hydrogen (secondary N) is 1. The Balaban J connectivity index is 1.69. The lowest BCUT2D eigenvalue weighted by Crippen LogP contribution is -2.33.